The molecule has 2 aromatic rings. The van der Waals surface area contributed by atoms with Crippen molar-refractivity contribution < 1.29 is 19.0 Å². The molecular formula is C19H23NO4. The van der Waals surface area contributed by atoms with Crippen molar-refractivity contribution in [2.75, 3.05) is 20.3 Å². The second kappa shape index (κ2) is 8.82. The molecule has 0 fully saturated rings. The molecule has 0 aliphatic rings. The van der Waals surface area contributed by atoms with E-state index < -0.39 is 0 Å². The first kappa shape index (κ1) is 17.7. The van der Waals surface area contributed by atoms with Crippen LogP contribution in [0.3, 0.4) is 0 Å². The zero-order chi connectivity index (χ0) is 17.4. The van der Waals surface area contributed by atoms with Crippen molar-refractivity contribution in [2.24, 2.45) is 0 Å². The van der Waals surface area contributed by atoms with E-state index in [4.69, 9.17) is 14.2 Å². The molecule has 0 radical (unpaired) electrons. The zero-order valence-electron chi connectivity index (χ0n) is 14.2. The van der Waals surface area contributed by atoms with Crippen molar-refractivity contribution in [3.05, 3.63) is 54.1 Å². The maximum atomic E-state index is 11.9. The molecular weight excluding hydrogens is 306 g/mol. The summed E-state index contributed by atoms with van der Waals surface area (Å²) in [7, 11) is 1.59. The quantitative estimate of drug-likeness (QED) is 0.809. The van der Waals surface area contributed by atoms with Crippen molar-refractivity contribution in [1.29, 1.82) is 0 Å². The number of methoxy groups -OCH3 is 1. The van der Waals surface area contributed by atoms with Crippen LogP contribution < -0.4 is 19.5 Å². The third-order valence-corrected chi connectivity index (χ3v) is 3.40. The molecule has 5 nitrogen and oxygen atoms in total. The molecule has 1 N–H and O–H groups in total. The standard InChI is InChI=1S/C19H23NO4/c1-14-7-4-5-10-18(14)24-12-15(2)20-19(21)13-23-17-9-6-8-16(11-17)22-3/h4-11,15H,12-13H2,1-3H3,(H,20,21)/t15-/m0/s1. The Balaban J connectivity index is 1.74. The first-order valence-electron chi connectivity index (χ1n) is 7.83. The van der Waals surface area contributed by atoms with E-state index >= 15 is 0 Å². The van der Waals surface area contributed by atoms with Crippen molar-refractivity contribution in [3.8, 4) is 17.2 Å². The predicted molar refractivity (Wildman–Crippen MR) is 92.8 cm³/mol. The second-order valence-corrected chi connectivity index (χ2v) is 5.51. The van der Waals surface area contributed by atoms with Crippen LogP contribution in [-0.4, -0.2) is 32.3 Å². The molecule has 1 amide bonds. The summed E-state index contributed by atoms with van der Waals surface area (Å²) in [6.45, 7) is 4.22. The summed E-state index contributed by atoms with van der Waals surface area (Å²) in [6.07, 6.45) is 0. The number of hydrogen-bond acceptors (Lipinski definition) is 4. The summed E-state index contributed by atoms with van der Waals surface area (Å²) >= 11 is 0. The van der Waals surface area contributed by atoms with Crippen LogP contribution in [0.4, 0.5) is 0 Å². The van der Waals surface area contributed by atoms with Gasteiger partial charge in [0.05, 0.1) is 13.2 Å². The van der Waals surface area contributed by atoms with Gasteiger partial charge in [-0.1, -0.05) is 24.3 Å². The van der Waals surface area contributed by atoms with E-state index in [1.165, 1.54) is 0 Å². The minimum absolute atomic E-state index is 0.0537. The van der Waals surface area contributed by atoms with Gasteiger partial charge in [0.15, 0.2) is 6.61 Å². The topological polar surface area (TPSA) is 56.8 Å². The SMILES string of the molecule is COc1cccc(OCC(=O)N[C@@H](C)COc2ccccc2C)c1. The molecule has 128 valence electrons. The van der Waals surface area contributed by atoms with Gasteiger partial charge in [-0.05, 0) is 37.6 Å². The average molecular weight is 329 g/mol. The zero-order valence-corrected chi connectivity index (χ0v) is 14.2. The summed E-state index contributed by atoms with van der Waals surface area (Å²) < 4.78 is 16.3. The van der Waals surface area contributed by atoms with E-state index in [9.17, 15) is 4.79 Å². The van der Waals surface area contributed by atoms with Crippen molar-refractivity contribution >= 4 is 5.91 Å². The van der Waals surface area contributed by atoms with Gasteiger partial charge in [-0.25, -0.2) is 0 Å². The van der Waals surface area contributed by atoms with Gasteiger partial charge in [-0.15, -0.1) is 0 Å². The summed E-state index contributed by atoms with van der Waals surface area (Å²) in [5, 5.41) is 2.85. The molecule has 2 aromatic carbocycles. The Labute approximate surface area is 142 Å². The van der Waals surface area contributed by atoms with Crippen LogP contribution in [0.15, 0.2) is 48.5 Å². The van der Waals surface area contributed by atoms with E-state index in [1.54, 1.807) is 19.2 Å². The molecule has 0 aliphatic carbocycles. The number of para-hydroxylation sites is 1. The molecule has 0 aromatic heterocycles. The number of amides is 1. The van der Waals surface area contributed by atoms with Crippen LogP contribution in [-0.2, 0) is 4.79 Å². The molecule has 0 unspecified atom stereocenters. The molecule has 0 saturated carbocycles. The Morgan fingerprint density at radius 3 is 2.58 bits per heavy atom. The number of carbonyl (C=O) groups is 1. The van der Waals surface area contributed by atoms with Gasteiger partial charge in [0.1, 0.15) is 23.9 Å². The van der Waals surface area contributed by atoms with Gasteiger partial charge in [0.2, 0.25) is 0 Å². The van der Waals surface area contributed by atoms with Gasteiger partial charge >= 0.3 is 0 Å². The van der Waals surface area contributed by atoms with Crippen LogP contribution in [0.5, 0.6) is 17.2 Å². The molecule has 0 spiro atoms. The third-order valence-electron chi connectivity index (χ3n) is 3.40. The van der Waals surface area contributed by atoms with Crippen molar-refractivity contribution in [3.63, 3.8) is 0 Å². The Bertz CT molecular complexity index is 672. The lowest BCUT2D eigenvalue weighted by molar-refractivity contribution is -0.123. The van der Waals surface area contributed by atoms with Crippen LogP contribution in [0.25, 0.3) is 0 Å². The molecule has 2 rings (SSSR count). The first-order valence-corrected chi connectivity index (χ1v) is 7.83. The van der Waals surface area contributed by atoms with Crippen molar-refractivity contribution in [2.45, 2.75) is 19.9 Å². The smallest absolute Gasteiger partial charge is 0.258 e. The minimum Gasteiger partial charge on any atom is -0.497 e. The number of hydrogen-bond donors (Lipinski definition) is 1. The maximum Gasteiger partial charge on any atom is 0.258 e. The van der Waals surface area contributed by atoms with E-state index in [2.05, 4.69) is 5.32 Å². The molecule has 0 aliphatic heterocycles. The normalized spacial score (nSPS) is 11.5. The van der Waals surface area contributed by atoms with E-state index in [0.29, 0.717) is 18.1 Å². The van der Waals surface area contributed by atoms with Gasteiger partial charge in [-0.2, -0.15) is 0 Å². The Morgan fingerprint density at radius 2 is 1.83 bits per heavy atom. The number of nitrogens with one attached hydrogen (secondary N) is 1. The first-order chi connectivity index (χ1) is 11.6. The molecule has 0 saturated heterocycles. The van der Waals surface area contributed by atoms with Crippen LogP contribution in [0.1, 0.15) is 12.5 Å². The summed E-state index contributed by atoms with van der Waals surface area (Å²) in [4.78, 5) is 11.9. The summed E-state index contributed by atoms with van der Waals surface area (Å²) in [6, 6.07) is 14.8. The lowest BCUT2D eigenvalue weighted by Gasteiger charge is -2.16. The number of aryl methyl sites for hydroxylation is 1. The van der Waals surface area contributed by atoms with Gasteiger partial charge in [-0.3, -0.25) is 4.79 Å². The van der Waals surface area contributed by atoms with Crippen molar-refractivity contribution in [1.82, 2.24) is 5.32 Å². The fraction of sp³-hybridized carbons (Fsp3) is 0.316. The highest BCUT2D eigenvalue weighted by Gasteiger charge is 2.10. The minimum atomic E-state index is -0.196. The number of carbonyl (C=O) groups excluding carboxylic acids is 1. The predicted octanol–water partition coefficient (Wildman–Crippen LogP) is 2.97. The van der Waals surface area contributed by atoms with Gasteiger partial charge in [0.25, 0.3) is 5.91 Å². The molecule has 5 heteroatoms. The lowest BCUT2D eigenvalue weighted by atomic mass is 10.2. The van der Waals surface area contributed by atoms with Crippen LogP contribution in [0.2, 0.25) is 0 Å². The summed E-state index contributed by atoms with van der Waals surface area (Å²) in [5.41, 5.74) is 1.07. The molecule has 24 heavy (non-hydrogen) atoms. The van der Waals surface area contributed by atoms with E-state index in [0.717, 1.165) is 11.3 Å². The second-order valence-electron chi connectivity index (χ2n) is 5.51. The number of benzene rings is 2. The fourth-order valence-electron chi connectivity index (χ4n) is 2.13. The largest absolute Gasteiger partial charge is 0.497 e. The van der Waals surface area contributed by atoms with E-state index in [1.807, 2.05) is 50.2 Å². The molecule has 1 atom stereocenters. The van der Waals surface area contributed by atoms with Crippen LogP contribution >= 0.6 is 0 Å². The highest BCUT2D eigenvalue weighted by atomic mass is 16.5. The number of rotatable bonds is 8. The average Bonchev–Trinajstić information content (AvgIpc) is 2.59. The fourth-order valence-corrected chi connectivity index (χ4v) is 2.13. The Hall–Kier alpha value is -2.69. The number of ether oxygens (including phenoxy) is 3. The van der Waals surface area contributed by atoms with Gasteiger partial charge < -0.3 is 19.5 Å². The van der Waals surface area contributed by atoms with Crippen LogP contribution in [0, 0.1) is 6.92 Å². The van der Waals surface area contributed by atoms with Gasteiger partial charge in [0, 0.05) is 6.07 Å². The maximum absolute atomic E-state index is 11.9. The Morgan fingerprint density at radius 1 is 1.08 bits per heavy atom. The summed E-state index contributed by atoms with van der Waals surface area (Å²) in [5.74, 6) is 1.91. The Kier molecular flexibility index (Phi) is 6.49. The monoisotopic (exact) mass is 329 g/mol. The molecule has 0 bridgehead atoms. The third kappa shape index (κ3) is 5.50. The highest BCUT2D eigenvalue weighted by molar-refractivity contribution is 5.77. The van der Waals surface area contributed by atoms with E-state index in [-0.39, 0.29) is 18.6 Å². The highest BCUT2D eigenvalue weighted by Crippen LogP contribution is 2.18. The molecule has 0 heterocycles. The lowest BCUT2D eigenvalue weighted by Crippen LogP contribution is -2.39.